The van der Waals surface area contributed by atoms with Gasteiger partial charge < -0.3 is 4.74 Å². The molecule has 0 amide bonds. The highest BCUT2D eigenvalue weighted by atomic mass is 16.5. The zero-order valence-corrected chi connectivity index (χ0v) is 13.0. The molecule has 0 aromatic carbocycles. The van der Waals surface area contributed by atoms with E-state index in [1.54, 1.807) is 7.11 Å². The van der Waals surface area contributed by atoms with E-state index in [2.05, 4.69) is 20.4 Å². The van der Waals surface area contributed by atoms with E-state index >= 15 is 0 Å². The molecule has 0 aromatic heterocycles. The van der Waals surface area contributed by atoms with Crippen LogP contribution >= 0.6 is 0 Å². The predicted octanol–water partition coefficient (Wildman–Crippen LogP) is 6.05. The Morgan fingerprint density at radius 2 is 1.07 bits per heavy atom. The summed E-state index contributed by atoms with van der Waals surface area (Å²) in [6.45, 7) is 21.8. The van der Waals surface area contributed by atoms with Crippen LogP contribution in [0.1, 0.15) is 75.2 Å². The van der Waals surface area contributed by atoms with E-state index in [1.807, 2.05) is 48.5 Å². The molecule has 15 heavy (non-hydrogen) atoms. The quantitative estimate of drug-likeness (QED) is 0.515. The lowest BCUT2D eigenvalue weighted by Gasteiger charge is -1.94. The molecule has 98 valence electrons. The first-order chi connectivity index (χ1) is 7.22. The first-order valence-corrected chi connectivity index (χ1v) is 6.44. The van der Waals surface area contributed by atoms with Crippen LogP contribution in [0.4, 0.5) is 0 Å². The van der Waals surface area contributed by atoms with Gasteiger partial charge in [-0.1, -0.05) is 75.3 Å². The molecule has 0 spiro atoms. The summed E-state index contributed by atoms with van der Waals surface area (Å²) >= 11 is 0. The molecule has 0 saturated carbocycles. The molecule has 1 nitrogen and oxygen atoms in total. The summed E-state index contributed by atoms with van der Waals surface area (Å²) in [4.78, 5) is 0. The molecular weight excluding hydrogens is 184 g/mol. The second kappa shape index (κ2) is 69.4. The first-order valence-electron chi connectivity index (χ1n) is 6.44. The third kappa shape index (κ3) is 144. The van der Waals surface area contributed by atoms with Gasteiger partial charge in [0.05, 0.1) is 12.9 Å². The second-order valence-corrected chi connectivity index (χ2v) is 1.80. The van der Waals surface area contributed by atoms with Gasteiger partial charge in [0, 0.05) is 6.42 Å². The fraction of sp³-hybridized carbons (Fsp3) is 0.857. The summed E-state index contributed by atoms with van der Waals surface area (Å²) in [6.07, 6.45) is 2.16. The van der Waals surface area contributed by atoms with Crippen LogP contribution in [0.15, 0.2) is 12.3 Å². The van der Waals surface area contributed by atoms with Crippen molar-refractivity contribution in [3.63, 3.8) is 0 Å². The fourth-order valence-electron chi connectivity index (χ4n) is 0.144. The van der Waals surface area contributed by atoms with Crippen LogP contribution in [-0.2, 0) is 4.74 Å². The molecule has 0 N–H and O–H groups in total. The van der Waals surface area contributed by atoms with E-state index in [0.29, 0.717) is 0 Å². The van der Waals surface area contributed by atoms with Crippen LogP contribution in [0.3, 0.4) is 0 Å². The topological polar surface area (TPSA) is 9.23 Å². The van der Waals surface area contributed by atoms with Gasteiger partial charge in [-0.05, 0) is 0 Å². The summed E-state index contributed by atoms with van der Waals surface area (Å²) in [5, 5.41) is 0. The largest absolute Gasteiger partial charge is 0.502 e. The van der Waals surface area contributed by atoms with Crippen LogP contribution in [0.25, 0.3) is 0 Å². The van der Waals surface area contributed by atoms with Crippen LogP contribution in [0.5, 0.6) is 0 Å². The summed E-state index contributed by atoms with van der Waals surface area (Å²) in [6, 6.07) is 0. The maximum atomic E-state index is 4.70. The highest BCUT2D eigenvalue weighted by Crippen LogP contribution is 1.92. The molecule has 0 heterocycles. The lowest BCUT2D eigenvalue weighted by atomic mass is 10.4. The molecule has 0 rings (SSSR count). The minimum absolute atomic E-state index is 0.843. The van der Waals surface area contributed by atoms with E-state index in [9.17, 15) is 0 Å². The van der Waals surface area contributed by atoms with Gasteiger partial charge in [-0.15, -0.1) is 0 Å². The van der Waals surface area contributed by atoms with Crippen molar-refractivity contribution in [3.05, 3.63) is 12.3 Å². The Labute approximate surface area is 99.9 Å². The Bertz CT molecular complexity index is 52.4. The second-order valence-electron chi connectivity index (χ2n) is 1.80. The first kappa shape index (κ1) is 29.3. The van der Waals surface area contributed by atoms with Crippen molar-refractivity contribution in [1.29, 1.82) is 0 Å². The van der Waals surface area contributed by atoms with Crippen molar-refractivity contribution < 1.29 is 4.74 Å². The van der Waals surface area contributed by atoms with Gasteiger partial charge in [0.1, 0.15) is 0 Å². The summed E-state index contributed by atoms with van der Waals surface area (Å²) in [5.74, 6) is 0.843. The maximum Gasteiger partial charge on any atom is 0.0881 e. The van der Waals surface area contributed by atoms with Crippen molar-refractivity contribution in [2.75, 3.05) is 7.11 Å². The van der Waals surface area contributed by atoms with Gasteiger partial charge >= 0.3 is 0 Å². The van der Waals surface area contributed by atoms with Crippen LogP contribution in [0, 0.1) is 0 Å². The minimum atomic E-state index is 0.843. The van der Waals surface area contributed by atoms with Crippen molar-refractivity contribution in [3.8, 4) is 0 Å². The Balaban J connectivity index is -0.0000000318. The van der Waals surface area contributed by atoms with Crippen LogP contribution in [-0.4, -0.2) is 7.11 Å². The number of hydrogen-bond acceptors (Lipinski definition) is 1. The highest BCUT2D eigenvalue weighted by Gasteiger charge is 1.77. The maximum absolute atomic E-state index is 4.70. The van der Waals surface area contributed by atoms with Crippen molar-refractivity contribution >= 4 is 0 Å². The zero-order chi connectivity index (χ0) is 13.7. The monoisotopic (exact) mass is 220 g/mol. The number of allylic oxidation sites excluding steroid dienone is 1. The van der Waals surface area contributed by atoms with Gasteiger partial charge in [0.25, 0.3) is 0 Å². The fourth-order valence-corrected chi connectivity index (χ4v) is 0.144. The van der Waals surface area contributed by atoms with Gasteiger partial charge in [-0.25, -0.2) is 0 Å². The molecule has 0 bridgehead atoms. The minimum Gasteiger partial charge on any atom is -0.502 e. The molecule has 0 saturated heterocycles. The summed E-state index contributed by atoms with van der Waals surface area (Å²) in [7, 11) is 1.63. The Hall–Kier alpha value is -0.460. The molecule has 0 aliphatic carbocycles. The Kier molecular flexibility index (Phi) is 135. The van der Waals surface area contributed by atoms with Crippen molar-refractivity contribution in [2.45, 2.75) is 75.2 Å². The summed E-state index contributed by atoms with van der Waals surface area (Å²) in [5.41, 5.74) is 0. The average Bonchev–Trinajstić information content (AvgIpc) is 2.36. The van der Waals surface area contributed by atoms with Gasteiger partial charge in [-0.3, -0.25) is 0 Å². The Morgan fingerprint density at radius 3 is 1.07 bits per heavy atom. The third-order valence-electron chi connectivity index (χ3n) is 0.683. The highest BCUT2D eigenvalue weighted by molar-refractivity contribution is 4.77. The molecule has 0 fully saturated rings. The Morgan fingerprint density at radius 1 is 0.867 bits per heavy atom. The summed E-state index contributed by atoms with van der Waals surface area (Å²) < 4.78 is 4.70. The molecule has 0 aromatic rings. The average molecular weight is 220 g/mol. The standard InChI is InChI=1S/C5H10O.C3H8.3C2H6/c1-4-5(2)6-3;1-3-2;3*1-2/h2,4H2,1,3H3;3H2,1-2H3;3*1-2H3. The van der Waals surface area contributed by atoms with E-state index in [-0.39, 0.29) is 0 Å². The predicted molar refractivity (Wildman–Crippen MR) is 76.4 cm³/mol. The third-order valence-corrected chi connectivity index (χ3v) is 0.683. The van der Waals surface area contributed by atoms with Crippen molar-refractivity contribution in [1.82, 2.24) is 0 Å². The van der Waals surface area contributed by atoms with Crippen molar-refractivity contribution in [2.24, 2.45) is 0 Å². The van der Waals surface area contributed by atoms with Gasteiger partial charge in [-0.2, -0.15) is 0 Å². The number of hydrogen-bond donors (Lipinski definition) is 0. The van der Waals surface area contributed by atoms with Crippen LogP contribution < -0.4 is 0 Å². The number of rotatable bonds is 2. The number of ether oxygens (including phenoxy) is 1. The smallest absolute Gasteiger partial charge is 0.0881 e. The molecule has 0 aliphatic heterocycles. The normalized spacial score (nSPS) is 5.47. The SMILES string of the molecule is C=C(CC)OC.CC.CC.CC.CCC. The zero-order valence-electron chi connectivity index (χ0n) is 13.0. The lowest BCUT2D eigenvalue weighted by molar-refractivity contribution is 0.283. The molecular formula is C14H36O. The number of methoxy groups -OCH3 is 1. The van der Waals surface area contributed by atoms with E-state index in [0.717, 1.165) is 12.2 Å². The van der Waals surface area contributed by atoms with E-state index in [4.69, 9.17) is 4.74 Å². The molecule has 0 unspecified atom stereocenters. The van der Waals surface area contributed by atoms with Gasteiger partial charge in [0.15, 0.2) is 0 Å². The lowest BCUT2D eigenvalue weighted by Crippen LogP contribution is -1.77. The van der Waals surface area contributed by atoms with E-state index in [1.165, 1.54) is 6.42 Å². The molecule has 0 aliphatic rings. The van der Waals surface area contributed by atoms with E-state index < -0.39 is 0 Å². The van der Waals surface area contributed by atoms with Gasteiger partial charge in [0.2, 0.25) is 0 Å². The van der Waals surface area contributed by atoms with Crippen LogP contribution in [0.2, 0.25) is 0 Å². The molecule has 0 atom stereocenters. The molecule has 0 radical (unpaired) electrons. The molecule has 1 heteroatoms.